The van der Waals surface area contributed by atoms with Crippen LogP contribution in [0.15, 0.2) is 36.4 Å². The van der Waals surface area contributed by atoms with Gasteiger partial charge >= 0.3 is 30.7 Å². The summed E-state index contributed by atoms with van der Waals surface area (Å²) < 4.78 is 132. The van der Waals surface area contributed by atoms with Crippen LogP contribution >= 0.6 is 0 Å². The maximum Gasteiger partial charge on any atom is 0.416 e. The first kappa shape index (κ1) is 33.8. The molecule has 0 bridgehead atoms. The maximum absolute atomic E-state index is 13.7. The molecule has 0 fully saturated rings. The minimum atomic E-state index is -5.17. The number of methoxy groups -OCH3 is 1. The normalized spacial score (nSPS) is 17.8. The molecule has 238 valence electrons. The molecule has 2 aromatic carbocycles. The molecule has 43 heavy (non-hydrogen) atoms. The van der Waals surface area contributed by atoms with Gasteiger partial charge in [0, 0.05) is 12.6 Å². The van der Waals surface area contributed by atoms with E-state index in [2.05, 4.69) is 0 Å². The number of carbonyl (C=O) groups excluding carboxylic acids is 2. The largest absolute Gasteiger partial charge is 0.453 e. The number of amides is 2. The van der Waals surface area contributed by atoms with E-state index in [1.54, 1.807) is 20.8 Å². The molecule has 3 rings (SSSR count). The molecule has 2 atom stereocenters. The summed E-state index contributed by atoms with van der Waals surface area (Å²) in [7, 11) is 0.901. The highest BCUT2D eigenvalue weighted by atomic mass is 19.4. The van der Waals surface area contributed by atoms with Crippen molar-refractivity contribution in [2.24, 2.45) is 5.41 Å². The van der Waals surface area contributed by atoms with Crippen molar-refractivity contribution < 1.29 is 58.6 Å². The van der Waals surface area contributed by atoms with E-state index in [4.69, 9.17) is 9.47 Å². The van der Waals surface area contributed by atoms with Crippen LogP contribution in [0.2, 0.25) is 0 Å². The fourth-order valence-corrected chi connectivity index (χ4v) is 4.66. The molecule has 0 spiro atoms. The van der Waals surface area contributed by atoms with Crippen molar-refractivity contribution in [1.82, 2.24) is 4.90 Å². The van der Waals surface area contributed by atoms with Gasteiger partial charge in [0.2, 0.25) is 0 Å². The highest BCUT2D eigenvalue weighted by Gasteiger charge is 2.43. The first-order valence-corrected chi connectivity index (χ1v) is 12.8. The van der Waals surface area contributed by atoms with Gasteiger partial charge in [-0.25, -0.2) is 9.59 Å². The number of nitrogens with zero attached hydrogens (tertiary/aromatic N) is 2. The summed E-state index contributed by atoms with van der Waals surface area (Å²) in [5.41, 5.74) is -5.78. The SMILES string of the molecule is COC(=O)N(Cc1cc(C(F)(F)F)cc(C(F)(F)F)c1)[C@H]1C[C@@H](C)N(C(=O)OCC(C)(C)C)c2ccc(C(F)(F)F)cc21. The molecule has 0 N–H and O–H groups in total. The number of halogens is 9. The minimum Gasteiger partial charge on any atom is -0.453 e. The Bertz CT molecular complexity index is 1320. The van der Waals surface area contributed by atoms with Gasteiger partial charge in [0.15, 0.2) is 0 Å². The van der Waals surface area contributed by atoms with Crippen molar-refractivity contribution in [3.8, 4) is 0 Å². The molecule has 0 unspecified atom stereocenters. The van der Waals surface area contributed by atoms with Crippen LogP contribution in [0.5, 0.6) is 0 Å². The molecule has 1 aliphatic rings. The lowest BCUT2D eigenvalue weighted by Gasteiger charge is -2.43. The molecular formula is C28H29F9N2O4. The van der Waals surface area contributed by atoms with Gasteiger partial charge < -0.3 is 9.47 Å². The van der Waals surface area contributed by atoms with Crippen LogP contribution in [0.4, 0.5) is 54.8 Å². The third-order valence-corrected chi connectivity index (χ3v) is 6.59. The topological polar surface area (TPSA) is 59.1 Å². The van der Waals surface area contributed by atoms with Crippen molar-refractivity contribution in [1.29, 1.82) is 0 Å². The standard InChI is InChI=1S/C28H29F9N2O4/c1-15-8-22(20-12-17(26(29,30)31)6-7-21(20)39(15)24(41)43-14-25(2,3)4)38(23(40)42-5)13-16-9-18(27(32,33)34)11-19(10-16)28(35,36)37/h6-7,9-12,15,22H,8,13-14H2,1-5H3/t15-,22+/m1/s1. The predicted octanol–water partition coefficient (Wildman–Crippen LogP) is 8.83. The fraction of sp³-hybridized carbons (Fsp3) is 0.500. The van der Waals surface area contributed by atoms with E-state index in [0.29, 0.717) is 24.3 Å². The second-order valence-electron chi connectivity index (χ2n) is 11.4. The number of rotatable bonds is 4. The molecule has 0 aliphatic carbocycles. The molecule has 2 aromatic rings. The summed E-state index contributed by atoms with van der Waals surface area (Å²) in [6.45, 7) is 5.93. The number of hydrogen-bond donors (Lipinski definition) is 0. The van der Waals surface area contributed by atoms with Crippen LogP contribution in [0.1, 0.15) is 68.0 Å². The summed E-state index contributed by atoms with van der Waals surface area (Å²) in [4.78, 5) is 27.9. The molecule has 15 heteroatoms. The lowest BCUT2D eigenvalue weighted by molar-refractivity contribution is -0.143. The molecule has 0 saturated heterocycles. The molecular weight excluding hydrogens is 599 g/mol. The van der Waals surface area contributed by atoms with Gasteiger partial charge in [-0.05, 0) is 66.3 Å². The molecule has 0 saturated carbocycles. The second-order valence-corrected chi connectivity index (χ2v) is 11.4. The van der Waals surface area contributed by atoms with Crippen molar-refractivity contribution in [2.45, 2.75) is 71.3 Å². The maximum atomic E-state index is 13.7. The first-order chi connectivity index (χ1) is 19.5. The Morgan fingerprint density at radius 1 is 0.860 bits per heavy atom. The second kappa shape index (κ2) is 11.8. The Labute approximate surface area is 241 Å². The van der Waals surface area contributed by atoms with Gasteiger partial charge in [0.1, 0.15) is 0 Å². The fourth-order valence-electron chi connectivity index (χ4n) is 4.66. The van der Waals surface area contributed by atoms with Gasteiger partial charge in [0.25, 0.3) is 0 Å². The molecule has 0 aromatic heterocycles. The van der Waals surface area contributed by atoms with Crippen LogP contribution < -0.4 is 4.90 Å². The third kappa shape index (κ3) is 8.05. The number of anilines is 1. The van der Waals surface area contributed by atoms with Crippen molar-refractivity contribution in [3.63, 3.8) is 0 Å². The summed E-state index contributed by atoms with van der Waals surface area (Å²) in [6.07, 6.45) is -17.6. The van der Waals surface area contributed by atoms with Gasteiger partial charge in [0.05, 0.1) is 42.1 Å². The number of ether oxygens (including phenoxy) is 2. The Hall–Kier alpha value is -3.65. The third-order valence-electron chi connectivity index (χ3n) is 6.59. The number of alkyl halides is 9. The zero-order valence-corrected chi connectivity index (χ0v) is 23.7. The highest BCUT2D eigenvalue weighted by molar-refractivity contribution is 5.90. The van der Waals surface area contributed by atoms with Gasteiger partial charge in [-0.3, -0.25) is 9.80 Å². The Kier molecular flexibility index (Phi) is 9.28. The quantitative estimate of drug-likeness (QED) is 0.318. The number of fused-ring (bicyclic) bond motifs is 1. The highest BCUT2D eigenvalue weighted by Crippen LogP contribution is 2.45. The predicted molar refractivity (Wildman–Crippen MR) is 136 cm³/mol. The molecule has 2 amide bonds. The average Bonchev–Trinajstić information content (AvgIpc) is 2.87. The first-order valence-electron chi connectivity index (χ1n) is 12.8. The van der Waals surface area contributed by atoms with Crippen LogP contribution in [0, 0.1) is 5.41 Å². The number of carbonyl (C=O) groups is 2. The molecule has 1 heterocycles. The van der Waals surface area contributed by atoms with Crippen molar-refractivity contribution in [3.05, 3.63) is 64.2 Å². The Balaban J connectivity index is 2.17. The van der Waals surface area contributed by atoms with E-state index in [0.717, 1.165) is 23.0 Å². The monoisotopic (exact) mass is 628 g/mol. The Morgan fingerprint density at radius 2 is 1.40 bits per heavy atom. The van der Waals surface area contributed by atoms with Gasteiger partial charge in [-0.15, -0.1) is 0 Å². The van der Waals surface area contributed by atoms with E-state index in [-0.39, 0.29) is 30.3 Å². The van der Waals surface area contributed by atoms with E-state index < -0.39 is 77.0 Å². The molecule has 6 nitrogen and oxygen atoms in total. The summed E-state index contributed by atoms with van der Waals surface area (Å²) in [5.74, 6) is 0. The van der Waals surface area contributed by atoms with Crippen LogP contribution in [0.25, 0.3) is 0 Å². The van der Waals surface area contributed by atoms with Gasteiger partial charge in [-0.2, -0.15) is 39.5 Å². The van der Waals surface area contributed by atoms with Crippen molar-refractivity contribution in [2.75, 3.05) is 18.6 Å². The summed E-state index contributed by atoms with van der Waals surface area (Å²) in [6, 6.07) is 0.960. The van der Waals surface area contributed by atoms with E-state index in [1.165, 1.54) is 6.92 Å². The van der Waals surface area contributed by atoms with E-state index in [9.17, 15) is 49.1 Å². The minimum absolute atomic E-state index is 0.0418. The molecule has 0 radical (unpaired) electrons. The smallest absolute Gasteiger partial charge is 0.416 e. The lowest BCUT2D eigenvalue weighted by atomic mass is 9.89. The zero-order chi connectivity index (χ0) is 32.7. The lowest BCUT2D eigenvalue weighted by Crippen LogP contribution is -2.48. The van der Waals surface area contributed by atoms with E-state index in [1.807, 2.05) is 0 Å². The molecule has 1 aliphatic heterocycles. The Morgan fingerprint density at radius 3 is 1.86 bits per heavy atom. The van der Waals surface area contributed by atoms with Crippen molar-refractivity contribution >= 4 is 17.9 Å². The average molecular weight is 629 g/mol. The number of benzene rings is 2. The zero-order valence-electron chi connectivity index (χ0n) is 23.7. The van der Waals surface area contributed by atoms with Crippen LogP contribution in [-0.4, -0.2) is 36.8 Å². The number of hydrogen-bond acceptors (Lipinski definition) is 4. The van der Waals surface area contributed by atoms with Crippen LogP contribution in [-0.2, 0) is 34.5 Å². The summed E-state index contributed by atoms with van der Waals surface area (Å²) in [5, 5.41) is 0. The van der Waals surface area contributed by atoms with Crippen LogP contribution in [0.3, 0.4) is 0 Å². The summed E-state index contributed by atoms with van der Waals surface area (Å²) >= 11 is 0. The van der Waals surface area contributed by atoms with Gasteiger partial charge in [-0.1, -0.05) is 20.8 Å². The van der Waals surface area contributed by atoms with E-state index >= 15 is 0 Å².